The minimum atomic E-state index is -0.101. The Kier molecular flexibility index (Phi) is 7.96. The van der Waals surface area contributed by atoms with Crippen LogP contribution in [-0.2, 0) is 4.74 Å². The summed E-state index contributed by atoms with van der Waals surface area (Å²) < 4.78 is 6.05. The third kappa shape index (κ3) is 5.41. The first-order valence-corrected chi connectivity index (χ1v) is 8.15. The van der Waals surface area contributed by atoms with Crippen molar-refractivity contribution in [3.63, 3.8) is 0 Å². The van der Waals surface area contributed by atoms with E-state index in [0.29, 0.717) is 6.10 Å². The summed E-state index contributed by atoms with van der Waals surface area (Å²) >= 11 is 0. The summed E-state index contributed by atoms with van der Waals surface area (Å²) in [6, 6.07) is 0. The average Bonchev–Trinajstić information content (AvgIpc) is 2.44. The summed E-state index contributed by atoms with van der Waals surface area (Å²) in [5.74, 6) is 0.719. The maximum Gasteiger partial charge on any atom is 0.0613 e. The standard InChI is InChI=1S/C16H33NO2/c1-4-16(13-18,17-5-2)11-8-12-19-15-10-7-6-9-14(15)3/h14-15,17-18H,4-13H2,1-3H3. The molecule has 0 heterocycles. The van der Waals surface area contributed by atoms with Crippen molar-refractivity contribution in [2.24, 2.45) is 5.92 Å². The Balaban J connectivity index is 2.24. The van der Waals surface area contributed by atoms with Gasteiger partial charge in [-0.3, -0.25) is 0 Å². The van der Waals surface area contributed by atoms with Crippen LogP contribution in [0.1, 0.15) is 65.7 Å². The van der Waals surface area contributed by atoms with Crippen molar-refractivity contribution in [3.05, 3.63) is 0 Å². The predicted molar refractivity (Wildman–Crippen MR) is 80.4 cm³/mol. The van der Waals surface area contributed by atoms with E-state index in [2.05, 4.69) is 26.1 Å². The normalized spacial score (nSPS) is 27.2. The molecule has 0 saturated heterocycles. The molecular weight excluding hydrogens is 238 g/mol. The van der Waals surface area contributed by atoms with Crippen molar-refractivity contribution in [2.75, 3.05) is 19.8 Å². The highest BCUT2D eigenvalue weighted by molar-refractivity contribution is 4.85. The highest BCUT2D eigenvalue weighted by Gasteiger charge is 2.26. The second-order valence-electron chi connectivity index (χ2n) is 6.10. The zero-order valence-electron chi connectivity index (χ0n) is 13.1. The molecule has 0 aromatic carbocycles. The summed E-state index contributed by atoms with van der Waals surface area (Å²) in [5.41, 5.74) is -0.101. The molecule has 0 aromatic rings. The van der Waals surface area contributed by atoms with Gasteiger partial charge in [-0.05, 0) is 44.6 Å². The molecule has 1 aliphatic carbocycles. The van der Waals surface area contributed by atoms with Gasteiger partial charge < -0.3 is 15.2 Å². The summed E-state index contributed by atoms with van der Waals surface area (Å²) in [6.07, 6.45) is 8.70. The number of rotatable bonds is 9. The van der Waals surface area contributed by atoms with E-state index >= 15 is 0 Å². The Labute approximate surface area is 119 Å². The average molecular weight is 271 g/mol. The number of likely N-dealkylation sites (N-methyl/N-ethyl adjacent to an activating group) is 1. The molecular formula is C16H33NO2. The van der Waals surface area contributed by atoms with E-state index in [-0.39, 0.29) is 12.1 Å². The highest BCUT2D eigenvalue weighted by atomic mass is 16.5. The quantitative estimate of drug-likeness (QED) is 0.633. The van der Waals surface area contributed by atoms with Crippen LogP contribution in [-0.4, -0.2) is 36.5 Å². The second kappa shape index (κ2) is 8.93. The van der Waals surface area contributed by atoms with Crippen molar-refractivity contribution in [1.29, 1.82) is 0 Å². The van der Waals surface area contributed by atoms with Crippen LogP contribution in [0.2, 0.25) is 0 Å². The Morgan fingerprint density at radius 3 is 2.58 bits per heavy atom. The molecule has 114 valence electrons. The molecule has 3 unspecified atom stereocenters. The zero-order valence-corrected chi connectivity index (χ0v) is 13.1. The minimum Gasteiger partial charge on any atom is -0.394 e. The minimum absolute atomic E-state index is 0.101. The topological polar surface area (TPSA) is 41.5 Å². The Hall–Kier alpha value is -0.120. The van der Waals surface area contributed by atoms with Crippen molar-refractivity contribution in [3.8, 4) is 0 Å². The van der Waals surface area contributed by atoms with Crippen molar-refractivity contribution in [1.82, 2.24) is 5.32 Å². The van der Waals surface area contributed by atoms with Gasteiger partial charge in [0, 0.05) is 12.1 Å². The maximum absolute atomic E-state index is 9.59. The zero-order chi connectivity index (χ0) is 14.1. The van der Waals surface area contributed by atoms with Gasteiger partial charge in [0.2, 0.25) is 0 Å². The molecule has 3 heteroatoms. The van der Waals surface area contributed by atoms with E-state index in [0.717, 1.165) is 38.3 Å². The SMILES string of the molecule is CCNC(CC)(CO)CCCOC1CCCCC1C. The number of nitrogens with one attached hydrogen (secondary N) is 1. The largest absolute Gasteiger partial charge is 0.394 e. The Morgan fingerprint density at radius 2 is 2.00 bits per heavy atom. The van der Waals surface area contributed by atoms with Gasteiger partial charge in [0.15, 0.2) is 0 Å². The van der Waals surface area contributed by atoms with Gasteiger partial charge in [-0.15, -0.1) is 0 Å². The van der Waals surface area contributed by atoms with E-state index in [4.69, 9.17) is 4.74 Å². The molecule has 1 aliphatic rings. The molecule has 1 fully saturated rings. The first-order valence-electron chi connectivity index (χ1n) is 8.15. The van der Waals surface area contributed by atoms with E-state index in [1.54, 1.807) is 0 Å². The molecule has 0 radical (unpaired) electrons. The van der Waals surface area contributed by atoms with Gasteiger partial charge in [0.1, 0.15) is 0 Å². The summed E-state index contributed by atoms with van der Waals surface area (Å²) in [5, 5.41) is 13.0. The van der Waals surface area contributed by atoms with Crippen LogP contribution in [0.5, 0.6) is 0 Å². The van der Waals surface area contributed by atoms with E-state index < -0.39 is 0 Å². The number of hydrogen-bond acceptors (Lipinski definition) is 3. The predicted octanol–water partition coefficient (Wildman–Crippen LogP) is 3.11. The molecule has 1 rings (SSSR count). The molecule has 0 aromatic heterocycles. The number of aliphatic hydroxyl groups is 1. The van der Waals surface area contributed by atoms with Crippen LogP contribution in [0.15, 0.2) is 0 Å². The van der Waals surface area contributed by atoms with Crippen molar-refractivity contribution < 1.29 is 9.84 Å². The monoisotopic (exact) mass is 271 g/mol. The lowest BCUT2D eigenvalue weighted by atomic mass is 9.88. The van der Waals surface area contributed by atoms with Gasteiger partial charge >= 0.3 is 0 Å². The van der Waals surface area contributed by atoms with Crippen LogP contribution in [0.25, 0.3) is 0 Å². The maximum atomic E-state index is 9.59. The van der Waals surface area contributed by atoms with Gasteiger partial charge in [-0.1, -0.05) is 33.6 Å². The van der Waals surface area contributed by atoms with E-state index in [9.17, 15) is 5.11 Å². The number of aliphatic hydroxyl groups excluding tert-OH is 1. The molecule has 0 aliphatic heterocycles. The lowest BCUT2D eigenvalue weighted by molar-refractivity contribution is -0.00994. The molecule has 0 bridgehead atoms. The lowest BCUT2D eigenvalue weighted by Gasteiger charge is -2.33. The van der Waals surface area contributed by atoms with Crippen LogP contribution < -0.4 is 5.32 Å². The van der Waals surface area contributed by atoms with Gasteiger partial charge in [-0.25, -0.2) is 0 Å². The van der Waals surface area contributed by atoms with E-state index in [1.807, 2.05) is 0 Å². The van der Waals surface area contributed by atoms with Crippen LogP contribution in [0.4, 0.5) is 0 Å². The number of hydrogen-bond donors (Lipinski definition) is 2. The van der Waals surface area contributed by atoms with Gasteiger partial charge in [0.05, 0.1) is 12.7 Å². The van der Waals surface area contributed by atoms with Crippen LogP contribution in [0, 0.1) is 5.92 Å². The fourth-order valence-electron chi connectivity index (χ4n) is 3.19. The van der Waals surface area contributed by atoms with Gasteiger partial charge in [0.25, 0.3) is 0 Å². The molecule has 0 amide bonds. The smallest absolute Gasteiger partial charge is 0.0613 e. The summed E-state index contributed by atoms with van der Waals surface area (Å²) in [7, 11) is 0. The fraction of sp³-hybridized carbons (Fsp3) is 1.00. The second-order valence-corrected chi connectivity index (χ2v) is 6.10. The van der Waals surface area contributed by atoms with E-state index in [1.165, 1.54) is 25.7 Å². The molecule has 0 spiro atoms. The molecule has 3 atom stereocenters. The fourth-order valence-corrected chi connectivity index (χ4v) is 3.19. The Morgan fingerprint density at radius 1 is 1.26 bits per heavy atom. The molecule has 3 nitrogen and oxygen atoms in total. The van der Waals surface area contributed by atoms with Crippen molar-refractivity contribution >= 4 is 0 Å². The first-order chi connectivity index (χ1) is 9.17. The van der Waals surface area contributed by atoms with Crippen LogP contribution in [0.3, 0.4) is 0 Å². The third-order valence-electron chi connectivity index (χ3n) is 4.70. The Bertz CT molecular complexity index is 229. The molecule has 2 N–H and O–H groups in total. The number of ether oxygens (including phenoxy) is 1. The lowest BCUT2D eigenvalue weighted by Crippen LogP contribution is -2.48. The summed E-state index contributed by atoms with van der Waals surface area (Å²) in [4.78, 5) is 0. The van der Waals surface area contributed by atoms with Gasteiger partial charge in [-0.2, -0.15) is 0 Å². The molecule has 19 heavy (non-hydrogen) atoms. The first kappa shape index (κ1) is 16.9. The van der Waals surface area contributed by atoms with Crippen LogP contribution >= 0.6 is 0 Å². The third-order valence-corrected chi connectivity index (χ3v) is 4.70. The summed E-state index contributed by atoms with van der Waals surface area (Å²) in [6.45, 7) is 8.52. The molecule has 1 saturated carbocycles. The highest BCUT2D eigenvalue weighted by Crippen LogP contribution is 2.26. The van der Waals surface area contributed by atoms with Crippen molar-refractivity contribution in [2.45, 2.75) is 77.4 Å².